The first kappa shape index (κ1) is 16.3. The summed E-state index contributed by atoms with van der Waals surface area (Å²) in [7, 11) is 1.63. The van der Waals surface area contributed by atoms with Gasteiger partial charge in [-0.3, -0.25) is 4.79 Å². The summed E-state index contributed by atoms with van der Waals surface area (Å²) in [5, 5.41) is 0.614. The van der Waals surface area contributed by atoms with Gasteiger partial charge in [-0.25, -0.2) is 4.98 Å². The van der Waals surface area contributed by atoms with Crippen molar-refractivity contribution in [3.8, 4) is 16.2 Å². The van der Waals surface area contributed by atoms with E-state index in [-0.39, 0.29) is 5.56 Å². The normalized spacial score (nSPS) is 11.3. The van der Waals surface area contributed by atoms with E-state index in [1.54, 1.807) is 13.2 Å². The molecular weight excluding hydrogens is 344 g/mol. The van der Waals surface area contributed by atoms with Crippen molar-refractivity contribution < 1.29 is 4.74 Å². The predicted molar refractivity (Wildman–Crippen MR) is 108 cm³/mol. The van der Waals surface area contributed by atoms with E-state index >= 15 is 0 Å². The van der Waals surface area contributed by atoms with Gasteiger partial charge in [0.25, 0.3) is 5.56 Å². The molecule has 128 valence electrons. The molecule has 4 nitrogen and oxygen atoms in total. The smallest absolute Gasteiger partial charge is 0.259 e. The summed E-state index contributed by atoms with van der Waals surface area (Å²) in [4.78, 5) is 21.6. The fourth-order valence-corrected chi connectivity index (χ4v) is 3.79. The second-order valence-corrected chi connectivity index (χ2v) is 6.75. The minimum absolute atomic E-state index is 0.131. The van der Waals surface area contributed by atoms with E-state index in [0.29, 0.717) is 11.2 Å². The van der Waals surface area contributed by atoms with Crippen LogP contribution in [0.25, 0.3) is 32.8 Å². The molecule has 4 rings (SSSR count). The SMILES string of the molecule is COc1ccccc1/C=C/c1nc2sc(-c3ccccc3)cc2c(=O)[nH]1. The fourth-order valence-electron chi connectivity index (χ4n) is 2.74. The monoisotopic (exact) mass is 360 g/mol. The van der Waals surface area contributed by atoms with Crippen LogP contribution < -0.4 is 10.3 Å². The van der Waals surface area contributed by atoms with Gasteiger partial charge < -0.3 is 9.72 Å². The Hall–Kier alpha value is -3.18. The number of H-pyrrole nitrogens is 1. The molecule has 0 bridgehead atoms. The lowest BCUT2D eigenvalue weighted by atomic mass is 10.2. The van der Waals surface area contributed by atoms with Gasteiger partial charge in [0.05, 0.1) is 12.5 Å². The minimum Gasteiger partial charge on any atom is -0.496 e. The summed E-state index contributed by atoms with van der Waals surface area (Å²) in [6, 6.07) is 19.6. The van der Waals surface area contributed by atoms with Crippen molar-refractivity contribution in [2.45, 2.75) is 0 Å². The molecule has 0 aliphatic rings. The second-order valence-electron chi connectivity index (χ2n) is 5.72. The lowest BCUT2D eigenvalue weighted by Gasteiger charge is -2.03. The van der Waals surface area contributed by atoms with E-state index in [9.17, 15) is 4.79 Å². The van der Waals surface area contributed by atoms with Gasteiger partial charge in [-0.15, -0.1) is 11.3 Å². The number of hydrogen-bond donors (Lipinski definition) is 1. The molecule has 5 heteroatoms. The Balaban J connectivity index is 1.73. The third kappa shape index (κ3) is 3.17. The lowest BCUT2D eigenvalue weighted by Crippen LogP contribution is -2.07. The molecule has 0 saturated carbocycles. The maximum atomic E-state index is 12.4. The van der Waals surface area contributed by atoms with Crippen LogP contribution >= 0.6 is 11.3 Å². The first-order valence-electron chi connectivity index (χ1n) is 8.15. The highest BCUT2D eigenvalue weighted by Crippen LogP contribution is 2.30. The quantitative estimate of drug-likeness (QED) is 0.567. The van der Waals surface area contributed by atoms with Crippen molar-refractivity contribution in [1.29, 1.82) is 0 Å². The summed E-state index contributed by atoms with van der Waals surface area (Å²) in [6.07, 6.45) is 3.68. The molecule has 1 N–H and O–H groups in total. The van der Waals surface area contributed by atoms with Crippen LogP contribution in [-0.2, 0) is 0 Å². The first-order valence-corrected chi connectivity index (χ1v) is 8.96. The predicted octanol–water partition coefficient (Wildman–Crippen LogP) is 4.83. The molecule has 0 unspecified atom stereocenters. The number of thiophene rings is 1. The van der Waals surface area contributed by atoms with E-state index in [2.05, 4.69) is 9.97 Å². The van der Waals surface area contributed by atoms with Crippen LogP contribution in [0, 0.1) is 0 Å². The molecule has 0 spiro atoms. The highest BCUT2D eigenvalue weighted by atomic mass is 32.1. The third-order valence-corrected chi connectivity index (χ3v) is 5.12. The van der Waals surface area contributed by atoms with Crippen LogP contribution in [0.2, 0.25) is 0 Å². The van der Waals surface area contributed by atoms with Gasteiger partial charge >= 0.3 is 0 Å². The number of aromatic nitrogens is 2. The topological polar surface area (TPSA) is 55.0 Å². The summed E-state index contributed by atoms with van der Waals surface area (Å²) in [6.45, 7) is 0. The Morgan fingerprint density at radius 2 is 1.81 bits per heavy atom. The zero-order valence-corrected chi connectivity index (χ0v) is 14.9. The number of para-hydroxylation sites is 1. The molecule has 26 heavy (non-hydrogen) atoms. The van der Waals surface area contributed by atoms with Gasteiger partial charge in [-0.2, -0.15) is 0 Å². The number of fused-ring (bicyclic) bond motifs is 1. The highest BCUT2D eigenvalue weighted by molar-refractivity contribution is 7.21. The van der Waals surface area contributed by atoms with Crippen LogP contribution in [0.4, 0.5) is 0 Å². The molecule has 0 amide bonds. The zero-order valence-electron chi connectivity index (χ0n) is 14.1. The van der Waals surface area contributed by atoms with Gasteiger partial charge in [0.1, 0.15) is 16.4 Å². The fraction of sp³-hybridized carbons (Fsp3) is 0.0476. The number of rotatable bonds is 4. The molecular formula is C21H16N2O2S. The number of nitrogens with one attached hydrogen (secondary N) is 1. The Morgan fingerprint density at radius 3 is 2.62 bits per heavy atom. The Kier molecular flexibility index (Phi) is 4.37. The molecule has 0 atom stereocenters. The minimum atomic E-state index is -0.131. The number of nitrogens with zero attached hydrogens (tertiary/aromatic N) is 1. The van der Waals surface area contributed by atoms with Gasteiger partial charge in [-0.05, 0) is 29.8 Å². The Morgan fingerprint density at radius 1 is 1.04 bits per heavy atom. The van der Waals surface area contributed by atoms with Crippen LogP contribution in [-0.4, -0.2) is 17.1 Å². The maximum Gasteiger partial charge on any atom is 0.259 e. The molecule has 0 radical (unpaired) electrons. The second kappa shape index (κ2) is 6.98. The summed E-state index contributed by atoms with van der Waals surface area (Å²) >= 11 is 1.52. The molecule has 0 saturated heterocycles. The number of aromatic amines is 1. The number of benzene rings is 2. The number of hydrogen-bond acceptors (Lipinski definition) is 4. The molecule has 0 aliphatic heterocycles. The lowest BCUT2D eigenvalue weighted by molar-refractivity contribution is 0.414. The largest absolute Gasteiger partial charge is 0.496 e. The average Bonchev–Trinajstić information content (AvgIpc) is 3.12. The molecule has 2 aromatic carbocycles. The highest BCUT2D eigenvalue weighted by Gasteiger charge is 2.09. The molecule has 0 fully saturated rings. The van der Waals surface area contributed by atoms with Crippen molar-refractivity contribution in [2.75, 3.05) is 7.11 Å². The van der Waals surface area contributed by atoms with E-state index in [4.69, 9.17) is 4.74 Å². The summed E-state index contributed by atoms with van der Waals surface area (Å²) < 4.78 is 5.34. The van der Waals surface area contributed by atoms with Gasteiger partial charge in [0, 0.05) is 10.4 Å². The van der Waals surface area contributed by atoms with Gasteiger partial charge in [0.15, 0.2) is 0 Å². The van der Waals surface area contributed by atoms with E-state index in [0.717, 1.165) is 26.6 Å². The van der Waals surface area contributed by atoms with Crippen molar-refractivity contribution in [2.24, 2.45) is 0 Å². The zero-order chi connectivity index (χ0) is 17.9. The summed E-state index contributed by atoms with van der Waals surface area (Å²) in [5.41, 5.74) is 1.88. The molecule has 2 heterocycles. The Bertz CT molecular complexity index is 1140. The number of ether oxygens (including phenoxy) is 1. The van der Waals surface area contributed by atoms with Crippen LogP contribution in [0.1, 0.15) is 11.4 Å². The molecule has 0 aliphatic carbocycles. The number of methoxy groups -OCH3 is 1. The average molecular weight is 360 g/mol. The maximum absolute atomic E-state index is 12.4. The van der Waals surface area contributed by atoms with E-state index < -0.39 is 0 Å². The van der Waals surface area contributed by atoms with Crippen molar-refractivity contribution >= 4 is 33.7 Å². The Labute approximate surface area is 154 Å². The van der Waals surface area contributed by atoms with Crippen LogP contribution in [0.15, 0.2) is 65.5 Å². The van der Waals surface area contributed by atoms with E-state index in [1.165, 1.54) is 11.3 Å². The van der Waals surface area contributed by atoms with Crippen molar-refractivity contribution in [1.82, 2.24) is 9.97 Å². The van der Waals surface area contributed by atoms with Crippen molar-refractivity contribution in [3.63, 3.8) is 0 Å². The molecule has 2 aromatic heterocycles. The standard InChI is InChI=1S/C21H16N2O2S/c1-25-17-10-6-5-7-14(17)11-12-19-22-20(24)16-13-18(26-21(16)23-19)15-8-3-2-4-9-15/h2-13H,1H3,(H,22,23,24)/b12-11+. The van der Waals surface area contributed by atoms with Crippen molar-refractivity contribution in [3.05, 3.63) is 82.4 Å². The molecule has 4 aromatic rings. The van der Waals surface area contributed by atoms with Crippen LogP contribution in [0.3, 0.4) is 0 Å². The van der Waals surface area contributed by atoms with Crippen LogP contribution in [0.5, 0.6) is 5.75 Å². The van der Waals surface area contributed by atoms with E-state index in [1.807, 2.05) is 66.7 Å². The van der Waals surface area contributed by atoms with Gasteiger partial charge in [-0.1, -0.05) is 48.5 Å². The third-order valence-electron chi connectivity index (χ3n) is 4.04. The first-order chi connectivity index (χ1) is 12.7. The van der Waals surface area contributed by atoms with Gasteiger partial charge in [0.2, 0.25) is 0 Å². The summed E-state index contributed by atoms with van der Waals surface area (Å²) in [5.74, 6) is 1.30.